The summed E-state index contributed by atoms with van der Waals surface area (Å²) in [7, 11) is 4.06. The van der Waals surface area contributed by atoms with Crippen molar-refractivity contribution >= 4 is 11.7 Å². The number of hydrogen-bond donors (Lipinski definition) is 1. The lowest BCUT2D eigenvalue weighted by Gasteiger charge is -2.26. The second kappa shape index (κ2) is 8.11. The van der Waals surface area contributed by atoms with Crippen LogP contribution in [0.4, 0.5) is 5.82 Å². The normalized spacial score (nSPS) is 19.3. The average Bonchev–Trinajstić information content (AvgIpc) is 3.20. The van der Waals surface area contributed by atoms with Crippen molar-refractivity contribution in [3.8, 4) is 0 Å². The average molecular weight is 394 g/mol. The van der Waals surface area contributed by atoms with Crippen LogP contribution < -0.4 is 5.32 Å². The van der Waals surface area contributed by atoms with Gasteiger partial charge in [0.2, 0.25) is 5.91 Å². The van der Waals surface area contributed by atoms with Gasteiger partial charge in [0.25, 0.3) is 0 Å². The molecule has 1 aromatic heterocycles. The Morgan fingerprint density at radius 1 is 1.21 bits per heavy atom. The van der Waals surface area contributed by atoms with Gasteiger partial charge in [-0.3, -0.25) is 4.79 Å². The van der Waals surface area contributed by atoms with Crippen molar-refractivity contribution in [2.45, 2.75) is 45.6 Å². The van der Waals surface area contributed by atoms with Crippen LogP contribution >= 0.6 is 0 Å². The molecule has 1 saturated heterocycles. The molecule has 154 valence electrons. The van der Waals surface area contributed by atoms with Crippen molar-refractivity contribution in [1.82, 2.24) is 19.8 Å². The Morgan fingerprint density at radius 3 is 2.79 bits per heavy atom. The van der Waals surface area contributed by atoms with Gasteiger partial charge in [0.15, 0.2) is 0 Å². The van der Waals surface area contributed by atoms with Crippen molar-refractivity contribution in [3.63, 3.8) is 0 Å². The molecule has 1 atom stereocenters. The van der Waals surface area contributed by atoms with Gasteiger partial charge in [0.1, 0.15) is 11.6 Å². The maximum atomic E-state index is 12.8. The Kier molecular flexibility index (Phi) is 5.54. The van der Waals surface area contributed by atoms with Gasteiger partial charge >= 0.3 is 0 Å². The van der Waals surface area contributed by atoms with Gasteiger partial charge in [-0.2, -0.15) is 0 Å². The number of nitrogens with one attached hydrogen (secondary N) is 1. The van der Waals surface area contributed by atoms with Crippen molar-refractivity contribution in [3.05, 3.63) is 52.0 Å². The summed E-state index contributed by atoms with van der Waals surface area (Å²) in [6.45, 7) is 7.61. The van der Waals surface area contributed by atoms with E-state index < -0.39 is 0 Å². The summed E-state index contributed by atoms with van der Waals surface area (Å²) in [6.07, 6.45) is 2.35. The molecule has 2 aliphatic heterocycles. The molecule has 4 rings (SSSR count). The van der Waals surface area contributed by atoms with Gasteiger partial charge in [0, 0.05) is 51.1 Å². The molecular formula is C23H31N5O. The van der Waals surface area contributed by atoms with Crippen LogP contribution in [0.3, 0.4) is 0 Å². The molecule has 1 aromatic carbocycles. The van der Waals surface area contributed by atoms with Crippen LogP contribution in [-0.2, 0) is 24.2 Å². The zero-order chi connectivity index (χ0) is 20.5. The lowest BCUT2D eigenvalue weighted by molar-refractivity contribution is -0.129. The third kappa shape index (κ3) is 4.13. The molecule has 1 N–H and O–H groups in total. The fraction of sp³-hybridized carbons (Fsp3) is 0.522. The number of likely N-dealkylation sites (N-methyl/N-ethyl adjacent to an activating group) is 1. The number of aryl methyl sites for hydroxylation is 2. The highest BCUT2D eigenvalue weighted by atomic mass is 16.2. The summed E-state index contributed by atoms with van der Waals surface area (Å²) >= 11 is 0. The van der Waals surface area contributed by atoms with E-state index in [9.17, 15) is 4.79 Å². The number of carbonyl (C=O) groups excluding carboxylic acids is 1. The summed E-state index contributed by atoms with van der Waals surface area (Å²) in [4.78, 5) is 26.9. The smallest absolute Gasteiger partial charge is 0.227 e. The number of aromatic nitrogens is 2. The summed E-state index contributed by atoms with van der Waals surface area (Å²) in [5.74, 6) is 2.25. The van der Waals surface area contributed by atoms with Gasteiger partial charge in [-0.25, -0.2) is 9.97 Å². The number of anilines is 1. The molecule has 1 fully saturated rings. The van der Waals surface area contributed by atoms with E-state index >= 15 is 0 Å². The van der Waals surface area contributed by atoms with Crippen LogP contribution in [0.15, 0.2) is 18.2 Å². The van der Waals surface area contributed by atoms with Gasteiger partial charge in [-0.05, 0) is 44.0 Å². The van der Waals surface area contributed by atoms with Crippen LogP contribution in [0.25, 0.3) is 0 Å². The molecule has 0 radical (unpaired) electrons. The van der Waals surface area contributed by atoms with E-state index in [1.807, 2.05) is 11.9 Å². The molecule has 1 amide bonds. The predicted octanol–water partition coefficient (Wildman–Crippen LogP) is 2.68. The van der Waals surface area contributed by atoms with Gasteiger partial charge in [-0.15, -0.1) is 0 Å². The Bertz CT molecular complexity index is 908. The van der Waals surface area contributed by atoms with Crippen LogP contribution in [0.1, 0.15) is 46.1 Å². The van der Waals surface area contributed by atoms with Crippen molar-refractivity contribution < 1.29 is 4.79 Å². The van der Waals surface area contributed by atoms with Gasteiger partial charge < -0.3 is 15.1 Å². The Labute approximate surface area is 173 Å². The van der Waals surface area contributed by atoms with E-state index in [4.69, 9.17) is 9.97 Å². The number of fused-ring (bicyclic) bond motifs is 1. The van der Waals surface area contributed by atoms with Crippen LogP contribution in [0.5, 0.6) is 0 Å². The van der Waals surface area contributed by atoms with Gasteiger partial charge in [0.05, 0.1) is 12.1 Å². The Morgan fingerprint density at radius 2 is 2.03 bits per heavy atom. The molecule has 6 nitrogen and oxygen atoms in total. The molecule has 0 aliphatic carbocycles. The molecule has 0 saturated carbocycles. The number of benzene rings is 1. The number of rotatable bonds is 4. The maximum Gasteiger partial charge on any atom is 0.227 e. The maximum absolute atomic E-state index is 12.8. The number of carbonyl (C=O) groups is 1. The molecule has 2 aromatic rings. The highest BCUT2D eigenvalue weighted by Gasteiger charge is 2.31. The van der Waals surface area contributed by atoms with E-state index in [1.54, 1.807) is 0 Å². The molecule has 1 unspecified atom stereocenters. The Balaban J connectivity index is 1.46. The highest BCUT2D eigenvalue weighted by molar-refractivity contribution is 5.79. The first-order valence-electron chi connectivity index (χ1n) is 10.5. The molecule has 3 heterocycles. The minimum Gasteiger partial charge on any atom is -0.373 e. The first kappa shape index (κ1) is 19.8. The van der Waals surface area contributed by atoms with E-state index in [1.165, 1.54) is 16.7 Å². The second-order valence-corrected chi connectivity index (χ2v) is 8.51. The fourth-order valence-electron chi connectivity index (χ4n) is 4.35. The van der Waals surface area contributed by atoms with E-state index in [0.717, 1.165) is 55.4 Å². The molecule has 29 heavy (non-hydrogen) atoms. The molecular weight excluding hydrogens is 362 g/mol. The van der Waals surface area contributed by atoms with Gasteiger partial charge in [-0.1, -0.05) is 18.2 Å². The summed E-state index contributed by atoms with van der Waals surface area (Å²) in [5, 5.41) is 3.26. The molecule has 6 heteroatoms. The number of amides is 1. The number of hydrogen-bond acceptors (Lipinski definition) is 5. The second-order valence-electron chi connectivity index (χ2n) is 8.51. The monoisotopic (exact) mass is 393 g/mol. The lowest BCUT2D eigenvalue weighted by Crippen LogP contribution is -2.31. The van der Waals surface area contributed by atoms with Crippen LogP contribution in [0, 0.1) is 13.8 Å². The van der Waals surface area contributed by atoms with Crippen molar-refractivity contribution in [1.29, 1.82) is 0 Å². The lowest BCUT2D eigenvalue weighted by atomic mass is 10.0. The quantitative estimate of drug-likeness (QED) is 0.865. The minimum atomic E-state index is 0.198. The number of nitrogens with zero attached hydrogens (tertiary/aromatic N) is 4. The summed E-state index contributed by atoms with van der Waals surface area (Å²) < 4.78 is 0. The molecule has 2 aliphatic rings. The molecule has 0 bridgehead atoms. The minimum absolute atomic E-state index is 0.198. The SMILES string of the molecule is CNc1nc(C2CCN(C(=O)Cc3ccc(C)c(C)c3)C2)nc2c1CN(C)CC2. The third-order valence-electron chi connectivity index (χ3n) is 6.34. The van der Waals surface area contributed by atoms with Crippen molar-refractivity contribution in [2.75, 3.05) is 39.0 Å². The summed E-state index contributed by atoms with van der Waals surface area (Å²) in [5.41, 5.74) is 5.97. The van der Waals surface area contributed by atoms with E-state index in [-0.39, 0.29) is 11.8 Å². The first-order valence-corrected chi connectivity index (χ1v) is 10.5. The number of likely N-dealkylation sites (tertiary alicyclic amines) is 1. The van der Waals surface area contributed by atoms with Crippen LogP contribution in [-0.4, -0.2) is 59.4 Å². The zero-order valence-electron chi connectivity index (χ0n) is 18.0. The predicted molar refractivity (Wildman–Crippen MR) is 115 cm³/mol. The molecule has 0 spiro atoms. The Hall–Kier alpha value is -2.47. The van der Waals surface area contributed by atoms with Crippen molar-refractivity contribution in [2.24, 2.45) is 0 Å². The van der Waals surface area contributed by atoms with Crippen LogP contribution in [0.2, 0.25) is 0 Å². The fourth-order valence-corrected chi connectivity index (χ4v) is 4.35. The summed E-state index contributed by atoms with van der Waals surface area (Å²) in [6, 6.07) is 6.29. The van der Waals surface area contributed by atoms with E-state index in [0.29, 0.717) is 13.0 Å². The standard InChI is InChI=1S/C23H31N5O/c1-15-5-6-17(11-16(15)2)12-21(29)28-10-7-18(13-28)22-25-20-8-9-27(4)14-19(20)23(24-3)26-22/h5-6,11,18H,7-10,12-14H2,1-4H3,(H,24,25,26). The largest absolute Gasteiger partial charge is 0.373 e. The topological polar surface area (TPSA) is 61.4 Å². The highest BCUT2D eigenvalue weighted by Crippen LogP contribution is 2.30. The van der Waals surface area contributed by atoms with E-state index in [2.05, 4.69) is 49.3 Å². The third-order valence-corrected chi connectivity index (χ3v) is 6.34. The first-order chi connectivity index (χ1) is 13.9. The zero-order valence-corrected chi connectivity index (χ0v) is 18.0.